The average molecular weight is 373 g/mol. The smallest absolute Gasteiger partial charge is 0.238 e. The Morgan fingerprint density at radius 1 is 1.38 bits per heavy atom. The van der Waals surface area contributed by atoms with Crippen LogP contribution < -0.4 is 10.5 Å². The lowest BCUT2D eigenvalue weighted by atomic mass is 10.2. The summed E-state index contributed by atoms with van der Waals surface area (Å²) in [6, 6.07) is 4.65. The molecule has 0 saturated heterocycles. The van der Waals surface area contributed by atoms with Crippen molar-refractivity contribution in [2.45, 2.75) is 25.3 Å². The molecular formula is C13H17BrN4O2S. The normalized spacial score (nSPS) is 11.7. The second-order valence-corrected chi connectivity index (χ2v) is 7.23. The van der Waals surface area contributed by atoms with E-state index in [1.807, 2.05) is 25.6 Å². The molecule has 2 rings (SSSR count). The largest absolute Gasteiger partial charge is 0.380 e. The summed E-state index contributed by atoms with van der Waals surface area (Å²) in [4.78, 5) is 0.0775. The molecule has 0 spiro atoms. The summed E-state index contributed by atoms with van der Waals surface area (Å²) < 4.78 is 25.1. The highest BCUT2D eigenvalue weighted by molar-refractivity contribution is 9.10. The van der Waals surface area contributed by atoms with Crippen molar-refractivity contribution in [1.29, 1.82) is 0 Å². The molecule has 0 bridgehead atoms. The zero-order valence-corrected chi connectivity index (χ0v) is 14.4. The molecule has 114 valence electrons. The molecule has 0 aliphatic heterocycles. The van der Waals surface area contributed by atoms with Crippen molar-refractivity contribution >= 4 is 31.6 Å². The van der Waals surface area contributed by atoms with E-state index < -0.39 is 10.0 Å². The number of hydrogen-bond acceptors (Lipinski definition) is 4. The monoisotopic (exact) mass is 372 g/mol. The number of nitrogens with one attached hydrogen (secondary N) is 1. The van der Waals surface area contributed by atoms with Crippen LogP contribution in [-0.2, 0) is 23.6 Å². The molecule has 2 aromatic rings. The lowest BCUT2D eigenvalue weighted by Crippen LogP contribution is -2.12. The molecule has 8 heteroatoms. The van der Waals surface area contributed by atoms with Gasteiger partial charge in [-0.15, -0.1) is 0 Å². The SMILES string of the molecule is Cc1nn(C)c(C)c1CNc1ccc(S(N)(=O)=O)cc1Br. The van der Waals surface area contributed by atoms with E-state index in [2.05, 4.69) is 26.3 Å². The maximum Gasteiger partial charge on any atom is 0.238 e. The predicted molar refractivity (Wildman–Crippen MR) is 85.5 cm³/mol. The van der Waals surface area contributed by atoms with Crippen LogP contribution in [-0.4, -0.2) is 18.2 Å². The van der Waals surface area contributed by atoms with Gasteiger partial charge in [-0.1, -0.05) is 0 Å². The first-order valence-electron chi connectivity index (χ1n) is 6.25. The first kappa shape index (κ1) is 16.0. The number of benzene rings is 1. The molecule has 0 aliphatic rings. The van der Waals surface area contributed by atoms with Gasteiger partial charge in [-0.25, -0.2) is 13.6 Å². The van der Waals surface area contributed by atoms with Crippen LogP contribution in [0, 0.1) is 13.8 Å². The summed E-state index contributed by atoms with van der Waals surface area (Å²) in [5, 5.41) is 12.7. The third-order valence-corrected chi connectivity index (χ3v) is 4.95. The first-order chi connectivity index (χ1) is 9.70. The zero-order chi connectivity index (χ0) is 15.8. The molecule has 0 aliphatic carbocycles. The standard InChI is InChI=1S/C13H17BrN4O2S/c1-8-11(9(2)18(3)17-8)7-16-13-5-4-10(6-12(13)14)21(15,19)20/h4-6,16H,7H2,1-3H3,(H2,15,19,20). The molecule has 1 aromatic carbocycles. The summed E-state index contributed by atoms with van der Waals surface area (Å²) in [6.07, 6.45) is 0. The Morgan fingerprint density at radius 2 is 2.05 bits per heavy atom. The van der Waals surface area contributed by atoms with Crippen LogP contribution in [0.2, 0.25) is 0 Å². The van der Waals surface area contributed by atoms with E-state index in [0.29, 0.717) is 11.0 Å². The summed E-state index contributed by atoms with van der Waals surface area (Å²) in [6.45, 7) is 4.58. The van der Waals surface area contributed by atoms with Gasteiger partial charge in [-0.2, -0.15) is 5.10 Å². The second kappa shape index (κ2) is 5.78. The lowest BCUT2D eigenvalue weighted by Gasteiger charge is -2.10. The number of anilines is 1. The van der Waals surface area contributed by atoms with Crippen LogP contribution in [0.4, 0.5) is 5.69 Å². The van der Waals surface area contributed by atoms with Crippen molar-refractivity contribution in [2.24, 2.45) is 12.2 Å². The number of halogens is 1. The van der Waals surface area contributed by atoms with E-state index in [1.165, 1.54) is 12.1 Å². The number of nitrogens with zero attached hydrogens (tertiary/aromatic N) is 2. The Morgan fingerprint density at radius 3 is 2.52 bits per heavy atom. The summed E-state index contributed by atoms with van der Waals surface area (Å²) >= 11 is 3.35. The number of sulfonamides is 1. The van der Waals surface area contributed by atoms with Gasteiger partial charge < -0.3 is 5.32 Å². The fourth-order valence-electron chi connectivity index (χ4n) is 2.07. The van der Waals surface area contributed by atoms with Gasteiger partial charge in [0.25, 0.3) is 0 Å². The van der Waals surface area contributed by atoms with Crippen molar-refractivity contribution in [3.05, 3.63) is 39.6 Å². The minimum atomic E-state index is -3.69. The maximum atomic E-state index is 11.3. The molecule has 1 aromatic heterocycles. The van der Waals surface area contributed by atoms with Gasteiger partial charge in [0.05, 0.1) is 10.6 Å². The number of nitrogens with two attached hydrogens (primary N) is 1. The summed E-state index contributed by atoms with van der Waals surface area (Å²) in [5.41, 5.74) is 3.99. The summed E-state index contributed by atoms with van der Waals surface area (Å²) in [7, 11) is -1.78. The van der Waals surface area contributed by atoms with Gasteiger partial charge in [0.2, 0.25) is 10.0 Å². The predicted octanol–water partition coefficient (Wildman–Crippen LogP) is 2.06. The van der Waals surface area contributed by atoms with Crippen molar-refractivity contribution in [1.82, 2.24) is 9.78 Å². The van der Waals surface area contributed by atoms with E-state index in [-0.39, 0.29) is 4.90 Å². The van der Waals surface area contributed by atoms with Crippen molar-refractivity contribution in [2.75, 3.05) is 5.32 Å². The molecule has 21 heavy (non-hydrogen) atoms. The number of aromatic nitrogens is 2. The number of aryl methyl sites for hydroxylation is 2. The lowest BCUT2D eigenvalue weighted by molar-refractivity contribution is 0.598. The van der Waals surface area contributed by atoms with Gasteiger partial charge in [-0.05, 0) is 48.0 Å². The van der Waals surface area contributed by atoms with Crippen LogP contribution in [0.3, 0.4) is 0 Å². The summed E-state index contributed by atoms with van der Waals surface area (Å²) in [5.74, 6) is 0. The Balaban J connectivity index is 2.21. The molecule has 0 unspecified atom stereocenters. The molecule has 0 fully saturated rings. The van der Waals surface area contributed by atoms with E-state index in [1.54, 1.807) is 6.07 Å². The molecule has 1 heterocycles. The molecule has 0 saturated carbocycles. The van der Waals surface area contributed by atoms with Gasteiger partial charge in [0.15, 0.2) is 0 Å². The van der Waals surface area contributed by atoms with Crippen molar-refractivity contribution in [3.8, 4) is 0 Å². The fourth-order valence-corrected chi connectivity index (χ4v) is 3.28. The van der Waals surface area contributed by atoms with Crippen LogP contribution in [0.1, 0.15) is 17.0 Å². The molecule has 6 nitrogen and oxygen atoms in total. The van der Waals surface area contributed by atoms with Crippen LogP contribution in [0.5, 0.6) is 0 Å². The Labute approximate surface area is 132 Å². The van der Waals surface area contributed by atoms with Gasteiger partial charge in [0, 0.05) is 35.0 Å². The first-order valence-corrected chi connectivity index (χ1v) is 8.59. The maximum absolute atomic E-state index is 11.3. The number of rotatable bonds is 4. The van der Waals surface area contributed by atoms with Gasteiger partial charge in [-0.3, -0.25) is 4.68 Å². The van der Waals surface area contributed by atoms with E-state index >= 15 is 0 Å². The third-order valence-electron chi connectivity index (χ3n) is 3.38. The molecule has 0 radical (unpaired) electrons. The molecule has 3 N–H and O–H groups in total. The zero-order valence-electron chi connectivity index (χ0n) is 12.0. The molecule has 0 atom stereocenters. The Bertz CT molecular complexity index is 784. The highest BCUT2D eigenvalue weighted by atomic mass is 79.9. The second-order valence-electron chi connectivity index (χ2n) is 4.81. The molecular weight excluding hydrogens is 356 g/mol. The minimum absolute atomic E-state index is 0.0775. The van der Waals surface area contributed by atoms with Gasteiger partial charge in [0.1, 0.15) is 0 Å². The Hall–Kier alpha value is -1.38. The van der Waals surface area contributed by atoms with Crippen molar-refractivity contribution in [3.63, 3.8) is 0 Å². The van der Waals surface area contributed by atoms with Gasteiger partial charge >= 0.3 is 0 Å². The van der Waals surface area contributed by atoms with Crippen LogP contribution >= 0.6 is 15.9 Å². The van der Waals surface area contributed by atoms with E-state index in [9.17, 15) is 8.42 Å². The highest BCUT2D eigenvalue weighted by Crippen LogP contribution is 2.26. The van der Waals surface area contributed by atoms with Crippen molar-refractivity contribution < 1.29 is 8.42 Å². The topological polar surface area (TPSA) is 90.0 Å². The number of hydrogen-bond donors (Lipinski definition) is 2. The minimum Gasteiger partial charge on any atom is -0.380 e. The van der Waals surface area contributed by atoms with E-state index in [0.717, 1.165) is 22.6 Å². The van der Waals surface area contributed by atoms with Crippen LogP contribution in [0.15, 0.2) is 27.6 Å². The van der Waals surface area contributed by atoms with Crippen LogP contribution in [0.25, 0.3) is 0 Å². The number of primary sulfonamides is 1. The quantitative estimate of drug-likeness (QED) is 0.859. The Kier molecular flexibility index (Phi) is 4.40. The highest BCUT2D eigenvalue weighted by Gasteiger charge is 2.12. The van der Waals surface area contributed by atoms with E-state index in [4.69, 9.17) is 5.14 Å². The fraction of sp³-hybridized carbons (Fsp3) is 0.308. The third kappa shape index (κ3) is 3.45. The average Bonchev–Trinajstić information content (AvgIpc) is 2.61. The molecule has 0 amide bonds.